The van der Waals surface area contributed by atoms with Crippen LogP contribution in [0.3, 0.4) is 0 Å². The molecule has 112 valence electrons. The van der Waals surface area contributed by atoms with Crippen LogP contribution in [0.25, 0.3) is 0 Å². The second-order valence-electron chi connectivity index (χ2n) is 3.91. The first kappa shape index (κ1) is 16.4. The summed E-state index contributed by atoms with van der Waals surface area (Å²) in [6, 6.07) is 0. The zero-order valence-electron chi connectivity index (χ0n) is 10.6. The number of carbonyl (C=O) groups excluding carboxylic acids is 1. The van der Waals surface area contributed by atoms with Crippen LogP contribution >= 0.6 is 0 Å². The number of hydrogen-bond acceptors (Lipinski definition) is 2. The average Bonchev–Trinajstić information content (AvgIpc) is 2.43. The summed E-state index contributed by atoms with van der Waals surface area (Å²) in [5.41, 5.74) is -1.47. The third-order valence-corrected chi connectivity index (χ3v) is 2.50. The van der Waals surface area contributed by atoms with Crippen molar-refractivity contribution in [1.82, 2.24) is 10.6 Å². The van der Waals surface area contributed by atoms with E-state index in [1.807, 2.05) is 6.92 Å². The molecule has 0 bridgehead atoms. The zero-order chi connectivity index (χ0) is 15.3. The van der Waals surface area contributed by atoms with Gasteiger partial charge in [0.2, 0.25) is 5.82 Å². The molecule has 1 aromatic rings. The zero-order valence-corrected chi connectivity index (χ0v) is 10.6. The van der Waals surface area contributed by atoms with Gasteiger partial charge >= 0.3 is 0 Å². The molecule has 0 spiro atoms. The SMILES string of the molecule is CCNCCCNC(=O)c1c(F)c(F)c(F)c(F)c1F. The number of benzene rings is 1. The van der Waals surface area contributed by atoms with Gasteiger partial charge < -0.3 is 10.6 Å². The molecule has 0 aliphatic carbocycles. The molecule has 0 heterocycles. The molecule has 2 N–H and O–H groups in total. The predicted molar refractivity (Wildman–Crippen MR) is 61.7 cm³/mol. The minimum absolute atomic E-state index is 0.0470. The first-order valence-electron chi connectivity index (χ1n) is 5.92. The maximum atomic E-state index is 13.3. The molecule has 0 aliphatic rings. The summed E-state index contributed by atoms with van der Waals surface area (Å²) in [6.07, 6.45) is 0.453. The number of nitrogens with one attached hydrogen (secondary N) is 2. The Bertz CT molecular complexity index is 478. The van der Waals surface area contributed by atoms with E-state index in [2.05, 4.69) is 10.6 Å². The number of halogens is 5. The summed E-state index contributed by atoms with van der Waals surface area (Å²) < 4.78 is 65.2. The van der Waals surface area contributed by atoms with Gasteiger partial charge in [-0.1, -0.05) is 6.92 Å². The van der Waals surface area contributed by atoms with E-state index in [9.17, 15) is 26.7 Å². The Morgan fingerprint density at radius 1 is 0.900 bits per heavy atom. The molecule has 0 saturated heterocycles. The Balaban J connectivity index is 2.83. The van der Waals surface area contributed by atoms with Crippen LogP contribution in [0.1, 0.15) is 23.7 Å². The molecule has 0 atom stereocenters. The Morgan fingerprint density at radius 2 is 1.40 bits per heavy atom. The van der Waals surface area contributed by atoms with Gasteiger partial charge in [0.15, 0.2) is 23.3 Å². The lowest BCUT2D eigenvalue weighted by molar-refractivity contribution is 0.0941. The van der Waals surface area contributed by atoms with Gasteiger partial charge in [0.05, 0.1) is 0 Å². The van der Waals surface area contributed by atoms with Crippen molar-refractivity contribution in [3.05, 3.63) is 34.6 Å². The van der Waals surface area contributed by atoms with Crippen LogP contribution in [0.15, 0.2) is 0 Å². The molecule has 1 rings (SSSR count). The Labute approximate surface area is 112 Å². The highest BCUT2D eigenvalue weighted by atomic mass is 19.2. The van der Waals surface area contributed by atoms with E-state index < -0.39 is 40.6 Å². The minimum Gasteiger partial charge on any atom is -0.352 e. The van der Waals surface area contributed by atoms with Crippen molar-refractivity contribution in [1.29, 1.82) is 0 Å². The molecule has 0 fully saturated rings. The fraction of sp³-hybridized carbons (Fsp3) is 0.417. The number of amides is 1. The van der Waals surface area contributed by atoms with Crippen LogP contribution in [0, 0.1) is 29.1 Å². The summed E-state index contributed by atoms with van der Waals surface area (Å²) in [7, 11) is 0. The van der Waals surface area contributed by atoms with E-state index in [1.165, 1.54) is 0 Å². The maximum Gasteiger partial charge on any atom is 0.257 e. The summed E-state index contributed by atoms with van der Waals surface area (Å²) in [5.74, 6) is -12.2. The summed E-state index contributed by atoms with van der Waals surface area (Å²) in [5, 5.41) is 5.04. The van der Waals surface area contributed by atoms with E-state index in [4.69, 9.17) is 0 Å². The van der Waals surface area contributed by atoms with Crippen molar-refractivity contribution in [3.63, 3.8) is 0 Å². The molecule has 0 radical (unpaired) electrons. The number of hydrogen-bond donors (Lipinski definition) is 2. The van der Waals surface area contributed by atoms with Crippen LogP contribution in [-0.2, 0) is 0 Å². The van der Waals surface area contributed by atoms with Gasteiger partial charge in [-0.25, -0.2) is 22.0 Å². The molecular weight excluding hydrogens is 283 g/mol. The number of rotatable bonds is 6. The van der Waals surface area contributed by atoms with Gasteiger partial charge in [-0.3, -0.25) is 4.79 Å². The highest BCUT2D eigenvalue weighted by Crippen LogP contribution is 2.22. The first-order chi connectivity index (χ1) is 9.41. The van der Waals surface area contributed by atoms with Crippen molar-refractivity contribution in [2.75, 3.05) is 19.6 Å². The molecule has 0 aromatic heterocycles. The minimum atomic E-state index is -2.29. The molecule has 20 heavy (non-hydrogen) atoms. The molecule has 8 heteroatoms. The second kappa shape index (κ2) is 7.18. The first-order valence-corrected chi connectivity index (χ1v) is 5.92. The summed E-state index contributed by atoms with van der Waals surface area (Å²) in [4.78, 5) is 11.5. The topological polar surface area (TPSA) is 41.1 Å². The van der Waals surface area contributed by atoms with E-state index >= 15 is 0 Å². The van der Waals surface area contributed by atoms with E-state index in [1.54, 1.807) is 0 Å². The lowest BCUT2D eigenvalue weighted by atomic mass is 10.1. The predicted octanol–water partition coefficient (Wildman–Crippen LogP) is 2.11. The molecular formula is C12H13F5N2O. The monoisotopic (exact) mass is 296 g/mol. The quantitative estimate of drug-likeness (QED) is 0.365. The lowest BCUT2D eigenvalue weighted by Gasteiger charge is -2.09. The molecule has 0 saturated carbocycles. The van der Waals surface area contributed by atoms with Gasteiger partial charge in [-0.2, -0.15) is 0 Å². The van der Waals surface area contributed by atoms with E-state index in [0.29, 0.717) is 19.5 Å². The summed E-state index contributed by atoms with van der Waals surface area (Å²) in [6.45, 7) is 3.18. The largest absolute Gasteiger partial charge is 0.352 e. The van der Waals surface area contributed by atoms with Crippen LogP contribution in [0.5, 0.6) is 0 Å². The fourth-order valence-electron chi connectivity index (χ4n) is 1.48. The van der Waals surface area contributed by atoms with Gasteiger partial charge in [-0.05, 0) is 19.5 Å². The lowest BCUT2D eigenvalue weighted by Crippen LogP contribution is -2.29. The highest BCUT2D eigenvalue weighted by Gasteiger charge is 2.29. The van der Waals surface area contributed by atoms with E-state index in [-0.39, 0.29) is 6.54 Å². The third-order valence-electron chi connectivity index (χ3n) is 2.50. The fourth-order valence-corrected chi connectivity index (χ4v) is 1.48. The van der Waals surface area contributed by atoms with Crippen LogP contribution in [0.4, 0.5) is 22.0 Å². The molecule has 3 nitrogen and oxygen atoms in total. The second-order valence-corrected chi connectivity index (χ2v) is 3.91. The normalized spacial score (nSPS) is 10.7. The standard InChI is InChI=1S/C12H13F5N2O/c1-2-18-4-3-5-19-12(20)6-7(13)9(15)11(17)10(16)8(6)14/h18H,2-5H2,1H3,(H,19,20). The Hall–Kier alpha value is -1.70. The molecule has 1 amide bonds. The summed E-state index contributed by atoms with van der Waals surface area (Å²) >= 11 is 0. The van der Waals surface area contributed by atoms with Crippen LogP contribution in [0.2, 0.25) is 0 Å². The van der Waals surface area contributed by atoms with Crippen molar-refractivity contribution in [2.24, 2.45) is 0 Å². The molecule has 0 aliphatic heterocycles. The van der Waals surface area contributed by atoms with Crippen molar-refractivity contribution in [3.8, 4) is 0 Å². The van der Waals surface area contributed by atoms with Gasteiger partial charge in [0.1, 0.15) is 5.56 Å². The maximum absolute atomic E-state index is 13.3. The molecule has 1 aromatic carbocycles. The average molecular weight is 296 g/mol. The van der Waals surface area contributed by atoms with Crippen LogP contribution in [-0.4, -0.2) is 25.5 Å². The van der Waals surface area contributed by atoms with Crippen molar-refractivity contribution in [2.45, 2.75) is 13.3 Å². The highest BCUT2D eigenvalue weighted by molar-refractivity contribution is 5.94. The molecule has 0 unspecified atom stereocenters. The van der Waals surface area contributed by atoms with E-state index in [0.717, 1.165) is 0 Å². The van der Waals surface area contributed by atoms with Gasteiger partial charge in [0, 0.05) is 6.54 Å². The van der Waals surface area contributed by atoms with Gasteiger partial charge in [0.25, 0.3) is 5.91 Å². The van der Waals surface area contributed by atoms with Crippen molar-refractivity contribution >= 4 is 5.91 Å². The Kier molecular flexibility index (Phi) is 5.87. The van der Waals surface area contributed by atoms with Crippen molar-refractivity contribution < 1.29 is 26.7 Å². The Morgan fingerprint density at radius 3 is 1.90 bits per heavy atom. The van der Waals surface area contributed by atoms with Crippen LogP contribution < -0.4 is 10.6 Å². The smallest absolute Gasteiger partial charge is 0.257 e. The third kappa shape index (κ3) is 3.44. The van der Waals surface area contributed by atoms with Gasteiger partial charge in [-0.15, -0.1) is 0 Å². The number of carbonyl (C=O) groups is 1.